The minimum absolute atomic E-state index is 0.255. The van der Waals surface area contributed by atoms with Gasteiger partial charge < -0.3 is 9.47 Å². The van der Waals surface area contributed by atoms with E-state index < -0.39 is 11.6 Å². The lowest BCUT2D eigenvalue weighted by Gasteiger charge is -2.08. The van der Waals surface area contributed by atoms with Crippen LogP contribution in [0.15, 0.2) is 55.1 Å². The fraction of sp³-hybridized carbons (Fsp3) is 0.444. The van der Waals surface area contributed by atoms with E-state index in [0.29, 0.717) is 18.8 Å². The molecule has 0 amide bonds. The van der Waals surface area contributed by atoms with Gasteiger partial charge in [0.1, 0.15) is 5.75 Å². The molecule has 0 fully saturated rings. The van der Waals surface area contributed by atoms with Crippen molar-refractivity contribution in [2.24, 2.45) is 0 Å². The van der Waals surface area contributed by atoms with Crippen molar-refractivity contribution in [2.45, 2.75) is 64.2 Å². The van der Waals surface area contributed by atoms with Gasteiger partial charge in [-0.05, 0) is 36.6 Å². The SMILES string of the molecule is C=CC(=O)OCCCCCCCCCCCCOc1ccc(-c2cccc(F)c2F)cc1. The molecule has 0 saturated heterocycles. The van der Waals surface area contributed by atoms with Gasteiger partial charge in [-0.25, -0.2) is 13.6 Å². The summed E-state index contributed by atoms with van der Waals surface area (Å²) in [6.07, 6.45) is 12.7. The Balaban J connectivity index is 1.46. The van der Waals surface area contributed by atoms with E-state index in [-0.39, 0.29) is 11.5 Å². The highest BCUT2D eigenvalue weighted by molar-refractivity contribution is 5.81. The zero-order valence-corrected chi connectivity index (χ0v) is 18.8. The van der Waals surface area contributed by atoms with E-state index >= 15 is 0 Å². The Morgan fingerprint density at radius 3 is 1.94 bits per heavy atom. The van der Waals surface area contributed by atoms with Gasteiger partial charge in [0, 0.05) is 11.6 Å². The highest BCUT2D eigenvalue weighted by Crippen LogP contribution is 2.26. The molecule has 3 nitrogen and oxygen atoms in total. The number of unbranched alkanes of at least 4 members (excludes halogenated alkanes) is 9. The van der Waals surface area contributed by atoms with E-state index in [1.54, 1.807) is 30.3 Å². The largest absolute Gasteiger partial charge is 0.494 e. The van der Waals surface area contributed by atoms with Gasteiger partial charge in [-0.1, -0.05) is 82.2 Å². The van der Waals surface area contributed by atoms with Crippen molar-refractivity contribution in [1.29, 1.82) is 0 Å². The lowest BCUT2D eigenvalue weighted by Crippen LogP contribution is -2.01. The first kappa shape index (κ1) is 25.6. The normalized spacial score (nSPS) is 10.7. The zero-order valence-electron chi connectivity index (χ0n) is 18.8. The second kappa shape index (κ2) is 15.2. The molecule has 32 heavy (non-hydrogen) atoms. The van der Waals surface area contributed by atoms with Crippen LogP contribution in [-0.4, -0.2) is 19.2 Å². The Kier molecular flexibility index (Phi) is 12.1. The molecule has 0 N–H and O–H groups in total. The van der Waals surface area contributed by atoms with Gasteiger partial charge in [0.15, 0.2) is 11.6 Å². The summed E-state index contributed by atoms with van der Waals surface area (Å²) < 4.78 is 38.0. The van der Waals surface area contributed by atoms with Gasteiger partial charge in [0.05, 0.1) is 13.2 Å². The average molecular weight is 445 g/mol. The number of halogens is 2. The predicted molar refractivity (Wildman–Crippen MR) is 125 cm³/mol. The maximum absolute atomic E-state index is 13.9. The second-order valence-electron chi connectivity index (χ2n) is 7.88. The third-order valence-corrected chi connectivity index (χ3v) is 5.34. The lowest BCUT2D eigenvalue weighted by atomic mass is 10.0. The molecule has 0 bridgehead atoms. The molecule has 5 heteroatoms. The highest BCUT2D eigenvalue weighted by Gasteiger charge is 2.09. The van der Waals surface area contributed by atoms with Crippen LogP contribution in [0.25, 0.3) is 11.1 Å². The van der Waals surface area contributed by atoms with Crippen LogP contribution < -0.4 is 4.74 Å². The van der Waals surface area contributed by atoms with Gasteiger partial charge in [0.25, 0.3) is 0 Å². The van der Waals surface area contributed by atoms with E-state index in [1.807, 2.05) is 0 Å². The van der Waals surface area contributed by atoms with Crippen LogP contribution in [0.5, 0.6) is 5.75 Å². The second-order valence-corrected chi connectivity index (χ2v) is 7.88. The van der Waals surface area contributed by atoms with Gasteiger partial charge in [-0.2, -0.15) is 0 Å². The number of carbonyl (C=O) groups excluding carboxylic acids is 1. The van der Waals surface area contributed by atoms with E-state index in [2.05, 4.69) is 6.58 Å². The van der Waals surface area contributed by atoms with Crippen LogP contribution in [0.1, 0.15) is 64.2 Å². The Hall–Kier alpha value is -2.69. The molecule has 0 aliphatic heterocycles. The first-order chi connectivity index (χ1) is 15.6. The predicted octanol–water partition coefficient (Wildman–Crippen LogP) is 7.64. The van der Waals surface area contributed by atoms with Crippen LogP contribution in [0.3, 0.4) is 0 Å². The summed E-state index contributed by atoms with van der Waals surface area (Å²) in [5.41, 5.74) is 0.885. The number of hydrogen-bond acceptors (Lipinski definition) is 3. The molecule has 2 rings (SSSR count). The molecule has 0 unspecified atom stereocenters. The summed E-state index contributed by atoms with van der Waals surface area (Å²) in [4.78, 5) is 10.9. The lowest BCUT2D eigenvalue weighted by molar-refractivity contribution is -0.137. The van der Waals surface area contributed by atoms with E-state index in [9.17, 15) is 13.6 Å². The molecule has 0 atom stereocenters. The fourth-order valence-electron chi connectivity index (χ4n) is 3.50. The molecule has 0 heterocycles. The molecule has 2 aromatic carbocycles. The van der Waals surface area contributed by atoms with Gasteiger partial charge >= 0.3 is 5.97 Å². The Morgan fingerprint density at radius 2 is 1.34 bits per heavy atom. The number of esters is 1. The average Bonchev–Trinajstić information content (AvgIpc) is 2.81. The summed E-state index contributed by atoms with van der Waals surface area (Å²) in [6.45, 7) is 4.52. The summed E-state index contributed by atoms with van der Waals surface area (Å²) in [7, 11) is 0. The first-order valence-corrected chi connectivity index (χ1v) is 11.6. The standard InChI is InChI=1S/C27H34F2O3/c1-2-26(30)32-21-12-10-8-6-4-3-5-7-9-11-20-31-23-18-16-22(17-19-23)24-14-13-15-25(28)27(24)29/h2,13-19H,1,3-12,20-21H2. The quantitative estimate of drug-likeness (QED) is 0.152. The van der Waals surface area contributed by atoms with Crippen molar-refractivity contribution in [2.75, 3.05) is 13.2 Å². The molecule has 0 spiro atoms. The minimum Gasteiger partial charge on any atom is -0.494 e. The summed E-state index contributed by atoms with van der Waals surface area (Å²) in [5.74, 6) is -1.27. The highest BCUT2D eigenvalue weighted by atomic mass is 19.2. The number of hydrogen-bond donors (Lipinski definition) is 0. The van der Waals surface area contributed by atoms with Crippen molar-refractivity contribution in [3.63, 3.8) is 0 Å². The van der Waals surface area contributed by atoms with Crippen LogP contribution >= 0.6 is 0 Å². The third kappa shape index (κ3) is 9.63. The van der Waals surface area contributed by atoms with Crippen molar-refractivity contribution in [3.05, 3.63) is 66.8 Å². The molecule has 174 valence electrons. The Morgan fingerprint density at radius 1 is 0.781 bits per heavy atom. The van der Waals surface area contributed by atoms with Crippen molar-refractivity contribution < 1.29 is 23.0 Å². The number of carbonyl (C=O) groups is 1. The molecule has 0 radical (unpaired) electrons. The summed E-state index contributed by atoms with van der Waals surface area (Å²) in [6, 6.07) is 11.3. The van der Waals surface area contributed by atoms with E-state index in [4.69, 9.17) is 9.47 Å². The van der Waals surface area contributed by atoms with Crippen LogP contribution in [0.4, 0.5) is 8.78 Å². The van der Waals surface area contributed by atoms with E-state index in [1.165, 1.54) is 50.7 Å². The summed E-state index contributed by atoms with van der Waals surface area (Å²) >= 11 is 0. The molecule has 0 aliphatic carbocycles. The minimum atomic E-state index is -0.841. The molecule has 0 aliphatic rings. The maximum atomic E-state index is 13.9. The first-order valence-electron chi connectivity index (χ1n) is 11.6. The number of benzene rings is 2. The van der Waals surface area contributed by atoms with Crippen molar-refractivity contribution in [1.82, 2.24) is 0 Å². The van der Waals surface area contributed by atoms with E-state index in [0.717, 1.165) is 37.5 Å². The third-order valence-electron chi connectivity index (χ3n) is 5.34. The maximum Gasteiger partial charge on any atom is 0.330 e. The number of ether oxygens (including phenoxy) is 2. The monoisotopic (exact) mass is 444 g/mol. The molecular weight excluding hydrogens is 410 g/mol. The van der Waals surface area contributed by atoms with Gasteiger partial charge in [-0.15, -0.1) is 0 Å². The van der Waals surface area contributed by atoms with Gasteiger partial charge in [-0.3, -0.25) is 0 Å². The Labute approximate surface area is 190 Å². The molecule has 2 aromatic rings. The van der Waals surface area contributed by atoms with Crippen LogP contribution in [0, 0.1) is 11.6 Å². The molecule has 0 aromatic heterocycles. The fourth-order valence-corrected chi connectivity index (χ4v) is 3.50. The smallest absolute Gasteiger partial charge is 0.330 e. The van der Waals surface area contributed by atoms with Crippen molar-refractivity contribution >= 4 is 5.97 Å². The topological polar surface area (TPSA) is 35.5 Å². The zero-order chi connectivity index (χ0) is 23.0. The van der Waals surface area contributed by atoms with Crippen molar-refractivity contribution in [3.8, 4) is 16.9 Å². The van der Waals surface area contributed by atoms with Crippen LogP contribution in [-0.2, 0) is 9.53 Å². The Bertz CT molecular complexity index is 818. The molecule has 0 saturated carbocycles. The summed E-state index contributed by atoms with van der Waals surface area (Å²) in [5, 5.41) is 0. The van der Waals surface area contributed by atoms with Crippen LogP contribution in [0.2, 0.25) is 0 Å². The van der Waals surface area contributed by atoms with Gasteiger partial charge in [0.2, 0.25) is 0 Å². The number of rotatable bonds is 16. The molecular formula is C27H34F2O3.